The summed E-state index contributed by atoms with van der Waals surface area (Å²) < 4.78 is 2.75. The van der Waals surface area contributed by atoms with Crippen LogP contribution in [0, 0.1) is 0 Å². The molecule has 0 bridgehead atoms. The van der Waals surface area contributed by atoms with Gasteiger partial charge in [-0.3, -0.25) is 0 Å². The van der Waals surface area contributed by atoms with Crippen molar-refractivity contribution in [2.24, 2.45) is 0 Å². The summed E-state index contributed by atoms with van der Waals surface area (Å²) in [6.07, 6.45) is 4.03. The van der Waals surface area contributed by atoms with Crippen LogP contribution in [0.15, 0.2) is 30.3 Å². The van der Waals surface area contributed by atoms with E-state index in [0.717, 1.165) is 0 Å². The number of hydrogen-bond acceptors (Lipinski definition) is 2. The molecule has 1 fully saturated rings. The van der Waals surface area contributed by atoms with Crippen LogP contribution in [-0.4, -0.2) is 22.3 Å². The Bertz CT molecular complexity index is 336. The normalized spacial score (nSPS) is 15.6. The van der Waals surface area contributed by atoms with Crippen molar-refractivity contribution in [3.05, 3.63) is 30.3 Å². The van der Waals surface area contributed by atoms with Crippen molar-refractivity contribution in [3.63, 3.8) is 0 Å². The molecule has 0 aliphatic carbocycles. The number of rotatable bonds is 2. The first-order chi connectivity index (χ1) is 7.86. The van der Waals surface area contributed by atoms with E-state index in [1.54, 1.807) is 3.07 Å². The Morgan fingerprint density at radius 3 is 2.50 bits per heavy atom. The van der Waals surface area contributed by atoms with Gasteiger partial charge in [0.2, 0.25) is 0 Å². The molecule has 0 amide bonds. The first-order valence-electron chi connectivity index (χ1n) is 5.82. The van der Waals surface area contributed by atoms with E-state index in [2.05, 4.69) is 35.2 Å². The van der Waals surface area contributed by atoms with Crippen molar-refractivity contribution >= 4 is 27.9 Å². The molecule has 2 rings (SSSR count). The minimum atomic E-state index is -1.03. The van der Waals surface area contributed by atoms with Gasteiger partial charge in [0.25, 0.3) is 0 Å². The van der Waals surface area contributed by atoms with Crippen LogP contribution in [0.4, 0.5) is 0 Å². The fourth-order valence-corrected chi connectivity index (χ4v) is 13.3. The molecule has 0 aromatic heterocycles. The number of likely N-dealkylation sites (tertiary alicyclic amines) is 1. The number of piperidine rings is 1. The van der Waals surface area contributed by atoms with Gasteiger partial charge >= 0.3 is 118 Å². The molecule has 1 aromatic rings. The van der Waals surface area contributed by atoms with E-state index < -0.39 is 23.1 Å². The van der Waals surface area contributed by atoms with E-state index in [-0.39, 0.29) is 0 Å². The van der Waals surface area contributed by atoms with Crippen LogP contribution in [0.25, 0.3) is 0 Å². The van der Waals surface area contributed by atoms with Crippen LogP contribution in [0.1, 0.15) is 19.3 Å². The van der Waals surface area contributed by atoms with Crippen molar-refractivity contribution in [1.82, 2.24) is 4.90 Å². The molecule has 1 aliphatic heterocycles. The molecule has 0 N–H and O–H groups in total. The van der Waals surface area contributed by atoms with Gasteiger partial charge in [-0.1, -0.05) is 0 Å². The van der Waals surface area contributed by atoms with E-state index in [1.165, 1.54) is 36.7 Å². The molecule has 0 unspecified atom stereocenters. The Hall–Kier alpha value is 0.395. The quantitative estimate of drug-likeness (QED) is 0.517. The molecule has 4 heteroatoms. The molecular weight excluding hydrogens is 423 g/mol. The molecule has 0 spiro atoms. The van der Waals surface area contributed by atoms with Crippen LogP contribution >= 0.6 is 20.5 Å². The van der Waals surface area contributed by atoms with Gasteiger partial charge in [-0.2, -0.15) is 0 Å². The summed E-state index contributed by atoms with van der Waals surface area (Å²) in [5.74, 6) is 0. The number of hydrogen-bond donors (Lipinski definition) is 0. The molecule has 0 radical (unpaired) electrons. The maximum absolute atomic E-state index is 5.52. The third-order valence-electron chi connectivity index (χ3n) is 2.82. The minimum absolute atomic E-state index is 1.03. The van der Waals surface area contributed by atoms with Crippen LogP contribution < -0.4 is 3.07 Å². The number of nitrogens with zero attached hydrogens (tertiary/aromatic N) is 1. The maximum atomic E-state index is 5.52. The van der Waals surface area contributed by atoms with Crippen molar-refractivity contribution in [3.8, 4) is 0 Å². The molecule has 0 atom stereocenters. The summed E-state index contributed by atoms with van der Waals surface area (Å²) in [4.78, 5) is 2.41. The summed E-state index contributed by atoms with van der Waals surface area (Å²) in [5.41, 5.74) is 0. The van der Waals surface area contributed by atoms with Crippen molar-refractivity contribution < 1.29 is 23.1 Å². The third-order valence-corrected chi connectivity index (χ3v) is 17.4. The second-order valence-electron chi connectivity index (χ2n) is 4.09. The zero-order valence-corrected chi connectivity index (χ0v) is 16.5. The van der Waals surface area contributed by atoms with Gasteiger partial charge in [0, 0.05) is 0 Å². The fourth-order valence-electron chi connectivity index (χ4n) is 1.89. The van der Waals surface area contributed by atoms with Gasteiger partial charge < -0.3 is 0 Å². The van der Waals surface area contributed by atoms with Crippen molar-refractivity contribution in [1.29, 1.82) is 0 Å². The Morgan fingerprint density at radius 2 is 1.81 bits per heavy atom. The molecule has 1 aromatic carbocycles. The molecule has 1 nitrogen and oxygen atoms in total. The summed E-state index contributed by atoms with van der Waals surface area (Å²) in [6.45, 7) is 2.38. The topological polar surface area (TPSA) is 3.24 Å². The Labute approximate surface area is 118 Å². The average molecular weight is 438 g/mol. The van der Waals surface area contributed by atoms with Crippen LogP contribution in [0.3, 0.4) is 0 Å². The van der Waals surface area contributed by atoms with Crippen molar-refractivity contribution in [2.45, 2.75) is 19.3 Å². The van der Waals surface area contributed by atoms with Crippen LogP contribution in [0.5, 0.6) is 0 Å². The molecule has 0 saturated carbocycles. The molecular formula is C12H15HgNS2. The van der Waals surface area contributed by atoms with E-state index in [9.17, 15) is 0 Å². The number of thiocarbonyl (C=S) groups is 1. The molecule has 1 heterocycles. The summed E-state index contributed by atoms with van der Waals surface area (Å²) >= 11 is 4.49. The summed E-state index contributed by atoms with van der Waals surface area (Å²) in [6, 6.07) is 10.9. The van der Waals surface area contributed by atoms with Gasteiger partial charge in [-0.25, -0.2) is 0 Å². The second-order valence-corrected chi connectivity index (χ2v) is 15.6. The summed E-state index contributed by atoms with van der Waals surface area (Å²) in [7, 11) is 2.02. The zero-order chi connectivity index (χ0) is 11.2. The van der Waals surface area contributed by atoms with Crippen LogP contribution in [-0.2, 0) is 23.1 Å². The first-order valence-corrected chi connectivity index (χ1v) is 16.7. The Morgan fingerprint density at radius 1 is 1.12 bits per heavy atom. The van der Waals surface area contributed by atoms with Gasteiger partial charge in [0.1, 0.15) is 0 Å². The monoisotopic (exact) mass is 439 g/mol. The molecule has 1 saturated heterocycles. The standard InChI is InChI=1S/C6H11NS2.C6H5.Hg/c8-6(9)7-4-2-1-3-5-7;1-2-4-6-5-3-1;/h1-5H2,(H,8,9);1-5H;/q;;+1/p-1. The summed E-state index contributed by atoms with van der Waals surface area (Å²) in [5, 5.41) is 0. The Kier molecular flexibility index (Phi) is 5.59. The van der Waals surface area contributed by atoms with Gasteiger partial charge in [0.15, 0.2) is 0 Å². The predicted octanol–water partition coefficient (Wildman–Crippen LogP) is 2.81. The van der Waals surface area contributed by atoms with E-state index in [0.29, 0.717) is 0 Å². The zero-order valence-electron chi connectivity index (χ0n) is 9.39. The van der Waals surface area contributed by atoms with Crippen molar-refractivity contribution in [2.75, 3.05) is 13.1 Å². The van der Waals surface area contributed by atoms with Crippen LogP contribution in [0.2, 0.25) is 0 Å². The Balaban J connectivity index is 1.79. The average Bonchev–Trinajstić information content (AvgIpc) is 2.38. The van der Waals surface area contributed by atoms with E-state index in [4.69, 9.17) is 12.2 Å². The van der Waals surface area contributed by atoms with E-state index >= 15 is 0 Å². The molecule has 82 valence electrons. The third kappa shape index (κ3) is 4.01. The second kappa shape index (κ2) is 6.97. The number of benzene rings is 1. The van der Waals surface area contributed by atoms with E-state index in [1.807, 2.05) is 8.24 Å². The van der Waals surface area contributed by atoms with Gasteiger partial charge in [-0.15, -0.1) is 0 Å². The molecule has 1 aliphatic rings. The predicted molar refractivity (Wildman–Crippen MR) is 71.7 cm³/mol. The van der Waals surface area contributed by atoms with Gasteiger partial charge in [-0.05, 0) is 0 Å². The fraction of sp³-hybridized carbons (Fsp3) is 0.417. The first kappa shape index (κ1) is 12.8. The SMILES string of the molecule is S=C([S][Hg][c]1ccccc1)N1CCCCC1. The van der Waals surface area contributed by atoms with Gasteiger partial charge in [0.05, 0.1) is 0 Å². The molecule has 16 heavy (non-hydrogen) atoms.